The van der Waals surface area contributed by atoms with Gasteiger partial charge in [-0.25, -0.2) is 0 Å². The lowest BCUT2D eigenvalue weighted by Crippen LogP contribution is -2.22. The Morgan fingerprint density at radius 3 is 2.17 bits per heavy atom. The third-order valence-electron chi connectivity index (χ3n) is 2.68. The Morgan fingerprint density at radius 2 is 1.83 bits per heavy atom. The van der Waals surface area contributed by atoms with Crippen molar-refractivity contribution in [2.24, 2.45) is 11.8 Å². The summed E-state index contributed by atoms with van der Waals surface area (Å²) in [6, 6.07) is 0. The van der Waals surface area contributed by atoms with Gasteiger partial charge in [0.1, 0.15) is 6.10 Å². The Hall–Kier alpha value is -0.370. The fraction of sp³-hybridized carbons (Fsp3) is 0.900. The third-order valence-corrected chi connectivity index (χ3v) is 2.68. The highest BCUT2D eigenvalue weighted by atomic mass is 16.3. The van der Waals surface area contributed by atoms with Crippen LogP contribution in [0, 0.1) is 11.8 Å². The average Bonchev–Trinajstić information content (AvgIpc) is 2.02. The second-order valence-corrected chi connectivity index (χ2v) is 3.72. The van der Waals surface area contributed by atoms with Crippen LogP contribution in [0.15, 0.2) is 0 Å². The molecule has 0 rings (SSSR count). The van der Waals surface area contributed by atoms with E-state index in [1.807, 2.05) is 0 Å². The van der Waals surface area contributed by atoms with Crippen LogP contribution < -0.4 is 0 Å². The fourth-order valence-corrected chi connectivity index (χ4v) is 1.15. The van der Waals surface area contributed by atoms with Crippen molar-refractivity contribution in [1.29, 1.82) is 0 Å². The van der Waals surface area contributed by atoms with Crippen LogP contribution in [0.4, 0.5) is 0 Å². The van der Waals surface area contributed by atoms with Crippen molar-refractivity contribution in [3.05, 3.63) is 0 Å². The molecule has 72 valence electrons. The van der Waals surface area contributed by atoms with Gasteiger partial charge in [0.15, 0.2) is 5.78 Å². The molecule has 0 spiro atoms. The molecule has 0 aromatic carbocycles. The van der Waals surface area contributed by atoms with Gasteiger partial charge in [0.05, 0.1) is 0 Å². The molecule has 0 aromatic rings. The average molecular weight is 172 g/mol. The summed E-state index contributed by atoms with van der Waals surface area (Å²) < 4.78 is 0. The highest BCUT2D eigenvalue weighted by molar-refractivity contribution is 5.80. The maximum absolute atomic E-state index is 10.7. The maximum Gasteiger partial charge on any atom is 0.158 e. The number of aliphatic hydroxyl groups excluding tert-OH is 1. The van der Waals surface area contributed by atoms with Crippen molar-refractivity contribution in [2.45, 2.75) is 46.6 Å². The molecule has 12 heavy (non-hydrogen) atoms. The maximum atomic E-state index is 10.7. The number of hydrogen-bond donors (Lipinski definition) is 1. The first-order chi connectivity index (χ1) is 5.49. The monoisotopic (exact) mass is 172 g/mol. The Morgan fingerprint density at radius 1 is 1.33 bits per heavy atom. The van der Waals surface area contributed by atoms with Gasteiger partial charge in [-0.05, 0) is 25.2 Å². The molecule has 0 saturated heterocycles. The molecule has 0 aliphatic carbocycles. The molecule has 3 atom stereocenters. The van der Waals surface area contributed by atoms with E-state index in [4.69, 9.17) is 0 Å². The van der Waals surface area contributed by atoms with Gasteiger partial charge in [-0.15, -0.1) is 0 Å². The van der Waals surface area contributed by atoms with Crippen LogP contribution in [0.25, 0.3) is 0 Å². The summed E-state index contributed by atoms with van der Waals surface area (Å²) >= 11 is 0. The van der Waals surface area contributed by atoms with Crippen molar-refractivity contribution >= 4 is 5.78 Å². The van der Waals surface area contributed by atoms with Crippen LogP contribution in [-0.4, -0.2) is 17.0 Å². The summed E-state index contributed by atoms with van der Waals surface area (Å²) in [4.78, 5) is 10.7. The first kappa shape index (κ1) is 11.6. The van der Waals surface area contributed by atoms with Crippen LogP contribution >= 0.6 is 0 Å². The second-order valence-electron chi connectivity index (χ2n) is 3.72. The lowest BCUT2D eigenvalue weighted by atomic mass is 9.88. The zero-order valence-corrected chi connectivity index (χ0v) is 8.50. The molecule has 0 heterocycles. The smallest absolute Gasteiger partial charge is 0.158 e. The number of rotatable bonds is 5. The van der Waals surface area contributed by atoms with E-state index in [2.05, 4.69) is 20.8 Å². The van der Waals surface area contributed by atoms with Crippen molar-refractivity contribution in [1.82, 2.24) is 0 Å². The summed E-state index contributed by atoms with van der Waals surface area (Å²) in [7, 11) is 0. The molecule has 0 aliphatic heterocycles. The topological polar surface area (TPSA) is 37.3 Å². The van der Waals surface area contributed by atoms with Crippen LogP contribution in [0.2, 0.25) is 0 Å². The summed E-state index contributed by atoms with van der Waals surface area (Å²) in [5.74, 6) is 0.887. The van der Waals surface area contributed by atoms with Crippen LogP contribution in [-0.2, 0) is 4.79 Å². The van der Waals surface area contributed by atoms with E-state index < -0.39 is 6.10 Å². The van der Waals surface area contributed by atoms with E-state index in [9.17, 15) is 9.90 Å². The molecule has 0 radical (unpaired) electrons. The summed E-state index contributed by atoms with van der Waals surface area (Å²) in [6.07, 6.45) is 0.949. The molecule has 0 fully saturated rings. The molecule has 0 saturated carbocycles. The minimum atomic E-state index is -0.756. The van der Waals surface area contributed by atoms with Crippen LogP contribution in [0.1, 0.15) is 40.5 Å². The molecule has 0 bridgehead atoms. The number of hydrogen-bond acceptors (Lipinski definition) is 2. The molecule has 1 N–H and O–H groups in total. The Bertz CT molecular complexity index is 143. The molecular weight excluding hydrogens is 152 g/mol. The Balaban J connectivity index is 3.83. The fourth-order valence-electron chi connectivity index (χ4n) is 1.15. The lowest BCUT2D eigenvalue weighted by Gasteiger charge is -2.19. The highest BCUT2D eigenvalue weighted by Gasteiger charge is 2.17. The summed E-state index contributed by atoms with van der Waals surface area (Å²) in [5, 5.41) is 9.29. The number of carbonyl (C=O) groups is 1. The molecule has 0 aromatic heterocycles. The summed E-state index contributed by atoms with van der Waals surface area (Å²) in [6.45, 7) is 7.80. The predicted molar refractivity (Wildman–Crippen MR) is 49.9 cm³/mol. The molecule has 0 aliphatic rings. The molecule has 2 heteroatoms. The van der Waals surface area contributed by atoms with E-state index in [0.717, 1.165) is 6.42 Å². The third kappa shape index (κ3) is 3.86. The zero-order chi connectivity index (χ0) is 9.72. The van der Waals surface area contributed by atoms with E-state index >= 15 is 0 Å². The molecule has 2 nitrogen and oxygen atoms in total. The minimum absolute atomic E-state index is 0.120. The number of ketones is 1. The van der Waals surface area contributed by atoms with Gasteiger partial charge >= 0.3 is 0 Å². The van der Waals surface area contributed by atoms with E-state index in [1.165, 1.54) is 6.92 Å². The van der Waals surface area contributed by atoms with Gasteiger partial charge in [0.2, 0.25) is 0 Å². The standard InChI is InChI=1S/C10H20O2/c1-5-7(2)8(3)6-10(12)9(4)11/h7-8,10,12H,5-6H2,1-4H3. The van der Waals surface area contributed by atoms with Crippen molar-refractivity contribution in [3.63, 3.8) is 0 Å². The second kappa shape index (κ2) is 5.31. The normalized spacial score (nSPS) is 18.4. The molecular formula is C10H20O2. The van der Waals surface area contributed by atoms with Gasteiger partial charge in [0, 0.05) is 0 Å². The minimum Gasteiger partial charge on any atom is -0.385 e. The van der Waals surface area contributed by atoms with Crippen LogP contribution in [0.3, 0.4) is 0 Å². The number of aliphatic hydroxyl groups is 1. The van der Waals surface area contributed by atoms with Crippen molar-refractivity contribution in [2.75, 3.05) is 0 Å². The molecule has 0 amide bonds. The lowest BCUT2D eigenvalue weighted by molar-refractivity contribution is -0.125. The van der Waals surface area contributed by atoms with Crippen molar-refractivity contribution < 1.29 is 9.90 Å². The van der Waals surface area contributed by atoms with Gasteiger partial charge in [-0.1, -0.05) is 27.2 Å². The first-order valence-electron chi connectivity index (χ1n) is 4.67. The number of Topliss-reactive ketones (excluding diaryl/α,β-unsaturated/α-hetero) is 1. The van der Waals surface area contributed by atoms with Crippen LogP contribution in [0.5, 0.6) is 0 Å². The molecule has 3 unspecified atom stereocenters. The van der Waals surface area contributed by atoms with E-state index in [1.54, 1.807) is 0 Å². The van der Waals surface area contributed by atoms with E-state index in [-0.39, 0.29) is 5.78 Å². The predicted octanol–water partition coefficient (Wildman–Crippen LogP) is 2.01. The zero-order valence-electron chi connectivity index (χ0n) is 8.50. The number of carbonyl (C=O) groups excluding carboxylic acids is 1. The quantitative estimate of drug-likeness (QED) is 0.688. The largest absolute Gasteiger partial charge is 0.385 e. The van der Waals surface area contributed by atoms with Crippen molar-refractivity contribution in [3.8, 4) is 0 Å². The first-order valence-corrected chi connectivity index (χ1v) is 4.67. The Labute approximate surface area is 75.0 Å². The van der Waals surface area contributed by atoms with Gasteiger partial charge in [0.25, 0.3) is 0 Å². The van der Waals surface area contributed by atoms with Gasteiger partial charge in [-0.2, -0.15) is 0 Å². The Kier molecular flexibility index (Phi) is 5.14. The van der Waals surface area contributed by atoms with Gasteiger partial charge < -0.3 is 5.11 Å². The van der Waals surface area contributed by atoms with E-state index in [0.29, 0.717) is 18.3 Å². The highest BCUT2D eigenvalue weighted by Crippen LogP contribution is 2.19. The SMILES string of the molecule is CCC(C)C(C)CC(O)C(C)=O. The summed E-state index contributed by atoms with van der Waals surface area (Å²) in [5.41, 5.74) is 0. The van der Waals surface area contributed by atoms with Gasteiger partial charge in [-0.3, -0.25) is 4.79 Å².